The predicted octanol–water partition coefficient (Wildman–Crippen LogP) is 3.17. The van der Waals surface area contributed by atoms with Crippen LogP contribution in [0, 0.1) is 10.1 Å². The number of aryl methyl sites for hydroxylation is 1. The van der Waals surface area contributed by atoms with Gasteiger partial charge in [-0.2, -0.15) is 0 Å². The van der Waals surface area contributed by atoms with E-state index in [1.165, 1.54) is 23.8 Å². The van der Waals surface area contributed by atoms with Crippen molar-refractivity contribution >= 4 is 21.2 Å². The summed E-state index contributed by atoms with van der Waals surface area (Å²) in [5.41, 5.74) is 1.94. The smallest absolute Gasteiger partial charge is 0.310 e. The van der Waals surface area contributed by atoms with Crippen LogP contribution in [-0.2, 0) is 22.8 Å². The fourth-order valence-corrected chi connectivity index (χ4v) is 3.10. The number of benzene rings is 2. The van der Waals surface area contributed by atoms with Gasteiger partial charge in [0.1, 0.15) is 10.6 Å². The Morgan fingerprint density at radius 1 is 1.09 bits per heavy atom. The van der Waals surface area contributed by atoms with E-state index in [9.17, 15) is 18.5 Å². The number of anilines is 1. The highest BCUT2D eigenvalue weighted by atomic mass is 32.2. The second-order valence-electron chi connectivity index (χ2n) is 5.21. The molecule has 0 saturated heterocycles. The number of nitro groups is 1. The first-order valence-corrected chi connectivity index (χ1v) is 9.01. The number of para-hydroxylation sites is 1. The lowest BCUT2D eigenvalue weighted by Crippen LogP contribution is -2.07. The summed E-state index contributed by atoms with van der Waals surface area (Å²) in [4.78, 5) is 10.3. The zero-order valence-electron chi connectivity index (χ0n) is 12.9. The van der Waals surface area contributed by atoms with Gasteiger partial charge in [-0.25, -0.2) is 8.42 Å². The van der Waals surface area contributed by atoms with Gasteiger partial charge in [-0.15, -0.1) is 0 Å². The van der Waals surface area contributed by atoms with Crippen LogP contribution in [0.15, 0.2) is 47.4 Å². The van der Waals surface area contributed by atoms with Crippen LogP contribution >= 0.6 is 0 Å². The van der Waals surface area contributed by atoms with E-state index in [4.69, 9.17) is 0 Å². The van der Waals surface area contributed by atoms with E-state index in [0.29, 0.717) is 6.54 Å². The van der Waals surface area contributed by atoms with Crippen LogP contribution in [0.3, 0.4) is 0 Å². The van der Waals surface area contributed by atoms with E-state index in [2.05, 4.69) is 12.2 Å². The zero-order valence-corrected chi connectivity index (χ0v) is 13.8. The van der Waals surface area contributed by atoms with E-state index in [0.717, 1.165) is 18.2 Å². The largest absolute Gasteiger partial charge is 0.375 e. The number of sulfone groups is 1. The molecule has 0 bridgehead atoms. The first-order valence-electron chi connectivity index (χ1n) is 7.12. The van der Waals surface area contributed by atoms with Crippen molar-refractivity contribution in [2.45, 2.75) is 24.8 Å². The summed E-state index contributed by atoms with van der Waals surface area (Å²) in [5, 5.41) is 14.2. The molecule has 2 aromatic carbocycles. The molecule has 0 radical (unpaired) electrons. The van der Waals surface area contributed by atoms with Gasteiger partial charge in [-0.05, 0) is 29.7 Å². The predicted molar refractivity (Wildman–Crippen MR) is 89.4 cm³/mol. The molecule has 0 aliphatic carbocycles. The molecule has 6 nitrogen and oxygen atoms in total. The highest BCUT2D eigenvalue weighted by molar-refractivity contribution is 7.90. The summed E-state index contributed by atoms with van der Waals surface area (Å²) in [5.74, 6) is 0. The lowest BCUT2D eigenvalue weighted by molar-refractivity contribution is -0.386. The van der Waals surface area contributed by atoms with Crippen LogP contribution in [0.25, 0.3) is 0 Å². The monoisotopic (exact) mass is 334 g/mol. The van der Waals surface area contributed by atoms with Crippen molar-refractivity contribution in [3.63, 3.8) is 0 Å². The fourth-order valence-electron chi connectivity index (χ4n) is 2.24. The average molecular weight is 334 g/mol. The van der Waals surface area contributed by atoms with Gasteiger partial charge in [-0.1, -0.05) is 37.3 Å². The molecule has 2 aromatic rings. The summed E-state index contributed by atoms with van der Waals surface area (Å²) in [6.07, 6.45) is 1.90. The lowest BCUT2D eigenvalue weighted by Gasteiger charge is -2.10. The number of hydrogen-bond acceptors (Lipinski definition) is 5. The molecule has 0 aliphatic rings. The third kappa shape index (κ3) is 4.07. The molecule has 0 fully saturated rings. The highest BCUT2D eigenvalue weighted by Gasteiger charge is 2.25. The Balaban J connectivity index is 2.30. The molecule has 122 valence electrons. The molecule has 0 unspecified atom stereocenters. The molecule has 7 heteroatoms. The van der Waals surface area contributed by atoms with E-state index in [-0.39, 0.29) is 10.6 Å². The molecule has 0 aliphatic heterocycles. The standard InChI is InChI=1S/C16H18N2O4S/c1-3-12-7-9-13(10-8-12)11-17-14-5-4-6-15(23(2,21)22)16(14)18(19)20/h4-10,17H,3,11H2,1-2H3. The summed E-state index contributed by atoms with van der Waals surface area (Å²) < 4.78 is 23.4. The van der Waals surface area contributed by atoms with Crippen LogP contribution in [-0.4, -0.2) is 19.6 Å². The molecule has 0 amide bonds. The molecule has 0 heterocycles. The Morgan fingerprint density at radius 2 is 1.70 bits per heavy atom. The minimum atomic E-state index is -3.67. The Kier molecular flexibility index (Phi) is 5.00. The minimum Gasteiger partial charge on any atom is -0.375 e. The Hall–Kier alpha value is -2.41. The van der Waals surface area contributed by atoms with Gasteiger partial charge in [0.05, 0.1) is 4.92 Å². The van der Waals surface area contributed by atoms with Gasteiger partial charge in [0.25, 0.3) is 0 Å². The molecular weight excluding hydrogens is 316 g/mol. The van der Waals surface area contributed by atoms with Crippen LogP contribution < -0.4 is 5.32 Å². The first kappa shape index (κ1) is 17.0. The Labute approximate surface area is 135 Å². The van der Waals surface area contributed by atoms with Crippen molar-refractivity contribution in [3.05, 3.63) is 63.7 Å². The Morgan fingerprint density at radius 3 is 2.22 bits per heavy atom. The van der Waals surface area contributed by atoms with Crippen molar-refractivity contribution in [1.29, 1.82) is 0 Å². The highest BCUT2D eigenvalue weighted by Crippen LogP contribution is 2.32. The second-order valence-corrected chi connectivity index (χ2v) is 7.19. The van der Waals surface area contributed by atoms with Gasteiger partial charge in [0, 0.05) is 12.8 Å². The van der Waals surface area contributed by atoms with Crippen LogP contribution in [0.4, 0.5) is 11.4 Å². The lowest BCUT2D eigenvalue weighted by atomic mass is 10.1. The maximum absolute atomic E-state index is 11.7. The van der Waals surface area contributed by atoms with Gasteiger partial charge in [-0.3, -0.25) is 10.1 Å². The molecular formula is C16H18N2O4S. The van der Waals surface area contributed by atoms with E-state index in [1.54, 1.807) is 0 Å². The summed E-state index contributed by atoms with van der Waals surface area (Å²) >= 11 is 0. The molecule has 0 saturated carbocycles. The van der Waals surface area contributed by atoms with E-state index < -0.39 is 20.4 Å². The second kappa shape index (κ2) is 6.78. The molecule has 2 rings (SSSR count). The molecule has 0 spiro atoms. The van der Waals surface area contributed by atoms with Crippen molar-refractivity contribution < 1.29 is 13.3 Å². The quantitative estimate of drug-likeness (QED) is 0.647. The van der Waals surface area contributed by atoms with Crippen molar-refractivity contribution in [3.8, 4) is 0 Å². The van der Waals surface area contributed by atoms with Gasteiger partial charge < -0.3 is 5.32 Å². The van der Waals surface area contributed by atoms with Crippen molar-refractivity contribution in [1.82, 2.24) is 0 Å². The number of nitrogens with zero attached hydrogens (tertiary/aromatic N) is 1. The minimum absolute atomic E-state index is 0.192. The van der Waals surface area contributed by atoms with Gasteiger partial charge >= 0.3 is 5.69 Å². The first-order chi connectivity index (χ1) is 10.8. The zero-order chi connectivity index (χ0) is 17.0. The van der Waals surface area contributed by atoms with E-state index in [1.807, 2.05) is 24.3 Å². The summed E-state index contributed by atoms with van der Waals surface area (Å²) in [6.45, 7) is 2.44. The fraction of sp³-hybridized carbons (Fsp3) is 0.250. The number of hydrogen-bond donors (Lipinski definition) is 1. The van der Waals surface area contributed by atoms with Crippen LogP contribution in [0.2, 0.25) is 0 Å². The topological polar surface area (TPSA) is 89.3 Å². The third-order valence-electron chi connectivity index (χ3n) is 3.50. The third-order valence-corrected chi connectivity index (χ3v) is 4.62. The molecule has 23 heavy (non-hydrogen) atoms. The van der Waals surface area contributed by atoms with Crippen molar-refractivity contribution in [2.24, 2.45) is 0 Å². The average Bonchev–Trinajstić information content (AvgIpc) is 2.52. The summed E-state index contributed by atoms with van der Waals surface area (Å²) in [6, 6.07) is 12.1. The van der Waals surface area contributed by atoms with Gasteiger partial charge in [0.15, 0.2) is 9.84 Å². The molecule has 0 atom stereocenters. The molecule has 0 aromatic heterocycles. The van der Waals surface area contributed by atoms with Crippen molar-refractivity contribution in [2.75, 3.05) is 11.6 Å². The maximum atomic E-state index is 11.7. The summed E-state index contributed by atoms with van der Waals surface area (Å²) in [7, 11) is -3.67. The van der Waals surface area contributed by atoms with Gasteiger partial charge in [0.2, 0.25) is 0 Å². The van der Waals surface area contributed by atoms with Crippen LogP contribution in [0.5, 0.6) is 0 Å². The Bertz CT molecular complexity index is 814. The number of rotatable bonds is 6. The van der Waals surface area contributed by atoms with Crippen LogP contribution in [0.1, 0.15) is 18.1 Å². The SMILES string of the molecule is CCc1ccc(CNc2cccc(S(C)(=O)=O)c2[N+](=O)[O-])cc1. The normalized spacial score (nSPS) is 11.2. The number of nitrogens with one attached hydrogen (secondary N) is 1. The maximum Gasteiger partial charge on any atom is 0.310 e. The number of nitro benzene ring substituents is 1. The molecule has 1 N–H and O–H groups in total. The van der Waals surface area contributed by atoms with E-state index >= 15 is 0 Å².